The van der Waals surface area contributed by atoms with Gasteiger partial charge in [-0.15, -0.1) is 0 Å². The van der Waals surface area contributed by atoms with Gasteiger partial charge in [0.25, 0.3) is 0 Å². The van der Waals surface area contributed by atoms with Crippen molar-refractivity contribution < 1.29 is 85.0 Å². The predicted octanol–water partition coefficient (Wildman–Crippen LogP) is 5.12. The first kappa shape index (κ1) is 51.5. The average Bonchev–Trinajstić information content (AvgIpc) is 2.87. The Labute approximate surface area is 287 Å². The number of hydrogen-bond donors (Lipinski definition) is 4. The molecule has 0 bridgehead atoms. The first-order valence-electron chi connectivity index (χ1n) is 14.6. The molecule has 0 aromatic rings. The van der Waals surface area contributed by atoms with Crippen LogP contribution in [0.15, 0.2) is 0 Å². The van der Waals surface area contributed by atoms with Crippen LogP contribution in [0.4, 0.5) is 0 Å². The number of Topliss-reactive ketones (excluding diaryl/α,β-unsaturated/α-hetero) is 4. The van der Waals surface area contributed by atoms with E-state index < -0.39 is 47.5 Å². The molecule has 0 aliphatic rings. The normalized spacial score (nSPS) is 11.9. The molecule has 45 heavy (non-hydrogen) atoms. The second-order valence-corrected chi connectivity index (χ2v) is 10.0. The molecule has 12 nitrogen and oxygen atoms in total. The third-order valence-electron chi connectivity index (χ3n) is 5.86. The van der Waals surface area contributed by atoms with Crippen LogP contribution >= 0.6 is 0 Å². The van der Waals surface area contributed by atoms with E-state index in [1.807, 2.05) is 27.7 Å². The fourth-order valence-corrected chi connectivity index (χ4v) is 3.55. The summed E-state index contributed by atoms with van der Waals surface area (Å²) in [4.78, 5) is 83.8. The third-order valence-corrected chi connectivity index (χ3v) is 5.86. The minimum absolute atomic E-state index is 0. The second kappa shape index (κ2) is 32.3. The summed E-state index contributed by atoms with van der Waals surface area (Å²) in [5.41, 5.74) is 0. The van der Waals surface area contributed by atoms with E-state index in [1.54, 1.807) is 0 Å². The van der Waals surface area contributed by atoms with E-state index >= 15 is 0 Å². The van der Waals surface area contributed by atoms with Crippen LogP contribution in [0.5, 0.6) is 0 Å². The largest absolute Gasteiger partial charge is 4.00 e. The van der Waals surface area contributed by atoms with Crippen LogP contribution in [-0.2, 0) is 64.6 Å². The summed E-state index contributed by atoms with van der Waals surface area (Å²) >= 11 is 0. The van der Waals surface area contributed by atoms with Crippen LogP contribution in [0.25, 0.3) is 0 Å². The Morgan fingerprint density at radius 1 is 0.400 bits per heavy atom. The molecular formula is C32H52O12Zr. The molecule has 0 rings (SSSR count). The summed E-state index contributed by atoms with van der Waals surface area (Å²) in [5.74, 6) is -5.98. The Hall–Kier alpha value is -3.08. The van der Waals surface area contributed by atoms with Crippen molar-refractivity contribution in [3.8, 4) is 0 Å². The van der Waals surface area contributed by atoms with Gasteiger partial charge >= 0.3 is 26.2 Å². The van der Waals surface area contributed by atoms with E-state index in [0.717, 1.165) is 51.4 Å². The first-order chi connectivity index (χ1) is 20.3. The Bertz CT molecular complexity index is 757. The minimum Gasteiger partial charge on any atom is -0.503 e. The van der Waals surface area contributed by atoms with Crippen molar-refractivity contribution in [1.29, 1.82) is 0 Å². The van der Waals surface area contributed by atoms with Gasteiger partial charge in [0.2, 0.25) is 0 Å². The quantitative estimate of drug-likeness (QED) is 0.121. The van der Waals surface area contributed by atoms with Crippen molar-refractivity contribution in [1.82, 2.24) is 0 Å². The van der Waals surface area contributed by atoms with Gasteiger partial charge in [-0.3, -0.25) is 44.9 Å². The van der Waals surface area contributed by atoms with Crippen molar-refractivity contribution >= 4 is 47.0 Å². The summed E-state index contributed by atoms with van der Waals surface area (Å²) in [5, 5.41) is 33.4. The van der Waals surface area contributed by atoms with Gasteiger partial charge in [0.15, 0.2) is 23.9 Å². The average molecular weight is 720 g/mol. The fraction of sp³-hybridized carbons (Fsp3) is 0.625. The summed E-state index contributed by atoms with van der Waals surface area (Å²) in [6.07, 6.45) is 10.1. The molecule has 13 heteroatoms. The molecule has 4 atom stereocenters. The van der Waals surface area contributed by atoms with Gasteiger partial charge < -0.3 is 39.6 Å². The maximum Gasteiger partial charge on any atom is 4.00 e. The predicted molar refractivity (Wildman–Crippen MR) is 164 cm³/mol. The number of aliphatic carboxylic acids is 4. The Balaban J connectivity index is -0.000000157. The fourth-order valence-electron chi connectivity index (χ4n) is 3.55. The second-order valence-electron chi connectivity index (χ2n) is 10.0. The molecular weight excluding hydrogens is 668 g/mol. The van der Waals surface area contributed by atoms with Gasteiger partial charge in [-0.2, -0.15) is 0 Å². The van der Waals surface area contributed by atoms with Gasteiger partial charge in [0.1, 0.15) is 23.1 Å². The van der Waals surface area contributed by atoms with Crippen LogP contribution in [0.3, 0.4) is 0 Å². The van der Waals surface area contributed by atoms with Crippen LogP contribution in [-0.4, -0.2) is 67.4 Å². The summed E-state index contributed by atoms with van der Waals surface area (Å²) in [6, 6.07) is 0. The van der Waals surface area contributed by atoms with E-state index in [2.05, 4.69) is 0 Å². The molecule has 4 unspecified atom stereocenters. The van der Waals surface area contributed by atoms with Gasteiger partial charge in [-0.25, -0.2) is 0 Å². The molecule has 0 amide bonds. The monoisotopic (exact) mass is 718 g/mol. The third kappa shape index (κ3) is 37.0. The first-order valence-corrected chi connectivity index (χ1v) is 14.6. The molecule has 0 aromatic carbocycles. The van der Waals surface area contributed by atoms with Crippen molar-refractivity contribution in [2.45, 2.75) is 107 Å². The number of carbonyl (C=O) groups is 8. The van der Waals surface area contributed by atoms with Gasteiger partial charge in [0.05, 0.1) is 0 Å². The molecule has 4 N–H and O–H groups in total. The smallest absolute Gasteiger partial charge is 0.503 e. The van der Waals surface area contributed by atoms with E-state index in [1.165, 1.54) is 27.7 Å². The molecule has 0 saturated heterocycles. The Morgan fingerprint density at radius 2 is 0.533 bits per heavy atom. The van der Waals surface area contributed by atoms with Crippen LogP contribution in [0, 0.1) is 49.4 Å². The van der Waals surface area contributed by atoms with Crippen molar-refractivity contribution in [2.75, 3.05) is 0 Å². The minimum atomic E-state index is -1.02. The zero-order chi connectivity index (χ0) is 35.4. The number of hydrogen-bond acceptors (Lipinski definition) is 8. The van der Waals surface area contributed by atoms with Crippen molar-refractivity contribution in [3.05, 3.63) is 25.7 Å². The van der Waals surface area contributed by atoms with Crippen LogP contribution in [0.1, 0.15) is 107 Å². The Kier molecular flexibility index (Phi) is 37.0. The SMILES string of the molecule is CCCC([CH-]C(=O)O)C(C)=O.CCCC([CH-]C(=O)O)C(C)=O.CCCC([CH-]C(=O)O)C(C)=O.CCCC([CH-]C(=O)O)C(C)=O.[Zr+4]. The zero-order valence-electron chi connectivity index (χ0n) is 27.8. The van der Waals surface area contributed by atoms with Gasteiger partial charge in [0, 0.05) is 0 Å². The topological polar surface area (TPSA) is 217 Å². The maximum atomic E-state index is 10.8. The zero-order valence-corrected chi connectivity index (χ0v) is 30.3. The van der Waals surface area contributed by atoms with E-state index in [9.17, 15) is 38.4 Å². The molecule has 0 spiro atoms. The Morgan fingerprint density at radius 3 is 0.600 bits per heavy atom. The van der Waals surface area contributed by atoms with Crippen LogP contribution < -0.4 is 0 Å². The van der Waals surface area contributed by atoms with Gasteiger partial charge in [-0.05, 0) is 27.7 Å². The number of carboxylic acids is 4. The van der Waals surface area contributed by atoms with Crippen molar-refractivity contribution in [3.63, 3.8) is 0 Å². The molecule has 256 valence electrons. The van der Waals surface area contributed by atoms with E-state index in [4.69, 9.17) is 20.4 Å². The standard InChI is InChI=1S/4C8H13O3.Zr/c4*1-3-4-7(6(2)9)5-8(10)11;/h4*5,7H,3-4H2,1-2H3,(H,10,11);/q4*-1;+4. The molecule has 0 aliphatic carbocycles. The van der Waals surface area contributed by atoms with E-state index in [0.29, 0.717) is 25.7 Å². The summed E-state index contributed by atoms with van der Waals surface area (Å²) in [7, 11) is 0. The maximum absolute atomic E-state index is 10.8. The molecule has 0 saturated carbocycles. The summed E-state index contributed by atoms with van der Waals surface area (Å²) in [6.45, 7) is 13.4. The van der Waals surface area contributed by atoms with Crippen molar-refractivity contribution in [2.24, 2.45) is 23.7 Å². The molecule has 0 fully saturated rings. The van der Waals surface area contributed by atoms with Gasteiger partial charge in [-0.1, -0.05) is 103 Å². The number of carbonyl (C=O) groups excluding carboxylic acids is 4. The summed E-state index contributed by atoms with van der Waals surface area (Å²) < 4.78 is 0. The van der Waals surface area contributed by atoms with Crippen LogP contribution in [0.2, 0.25) is 0 Å². The number of ketones is 4. The number of carboxylic acid groups (broad SMARTS) is 4. The molecule has 0 radical (unpaired) electrons. The van der Waals surface area contributed by atoms with E-state index in [-0.39, 0.29) is 49.3 Å². The molecule has 0 heterocycles. The molecule has 0 aliphatic heterocycles. The molecule has 0 aromatic heterocycles. The number of rotatable bonds is 20.